The molecule has 1 amide bonds. The van der Waals surface area contributed by atoms with Crippen LogP contribution in [-0.2, 0) is 31.5 Å². The first-order chi connectivity index (χ1) is 13.7. The minimum absolute atomic E-state index is 0.0460. The summed E-state index contributed by atoms with van der Waals surface area (Å²) in [5.74, 6) is -0.180. The second-order valence-corrected chi connectivity index (χ2v) is 6.97. The van der Waals surface area contributed by atoms with Crippen molar-refractivity contribution in [2.45, 2.75) is 46.3 Å². The third kappa shape index (κ3) is 4.06. The van der Waals surface area contributed by atoms with Gasteiger partial charge >= 0.3 is 0 Å². The Balaban J connectivity index is 1.86. The van der Waals surface area contributed by atoms with Crippen LogP contribution in [0.2, 0.25) is 0 Å². The molecule has 10 heteroatoms. The van der Waals surface area contributed by atoms with Gasteiger partial charge in [0.15, 0.2) is 5.65 Å². The zero-order valence-corrected chi connectivity index (χ0v) is 16.9. The number of aromatic nitrogens is 5. The van der Waals surface area contributed by atoms with Gasteiger partial charge in [-0.25, -0.2) is 8.78 Å². The van der Waals surface area contributed by atoms with Gasteiger partial charge in [-0.05, 0) is 19.9 Å². The van der Waals surface area contributed by atoms with Gasteiger partial charge in [0.1, 0.15) is 0 Å². The third-order valence-electron chi connectivity index (χ3n) is 4.96. The average molecular weight is 406 g/mol. The number of fused-ring (bicyclic) bond motifs is 1. The molecular weight excluding hydrogens is 382 g/mol. The summed E-state index contributed by atoms with van der Waals surface area (Å²) in [4.78, 5) is 26.5. The molecule has 0 atom stereocenters. The van der Waals surface area contributed by atoms with Crippen molar-refractivity contribution in [2.24, 2.45) is 7.05 Å². The standard InChI is InChI=1S/C19H24F2N6O2/c1-5-27-12(2)17-14(18(20)21)10-16(29)26(19(17)23-27)9-7-15(28)24(3)11-13-6-8-25(4)22-13/h6,8,10,18H,5,7,9,11H2,1-4H3. The van der Waals surface area contributed by atoms with Crippen LogP contribution in [0.5, 0.6) is 0 Å². The molecule has 0 radical (unpaired) electrons. The van der Waals surface area contributed by atoms with E-state index in [9.17, 15) is 18.4 Å². The third-order valence-corrected chi connectivity index (χ3v) is 4.96. The van der Waals surface area contributed by atoms with E-state index in [1.807, 2.05) is 13.0 Å². The maximum atomic E-state index is 13.5. The van der Waals surface area contributed by atoms with Gasteiger partial charge in [0.05, 0.1) is 12.2 Å². The molecule has 29 heavy (non-hydrogen) atoms. The second-order valence-electron chi connectivity index (χ2n) is 6.97. The van der Waals surface area contributed by atoms with Crippen molar-refractivity contribution in [1.29, 1.82) is 0 Å². The van der Waals surface area contributed by atoms with Crippen molar-refractivity contribution in [2.75, 3.05) is 7.05 Å². The van der Waals surface area contributed by atoms with Crippen molar-refractivity contribution in [1.82, 2.24) is 29.0 Å². The van der Waals surface area contributed by atoms with Crippen molar-refractivity contribution in [3.8, 4) is 0 Å². The molecule has 156 valence electrons. The van der Waals surface area contributed by atoms with E-state index in [0.717, 1.165) is 11.8 Å². The van der Waals surface area contributed by atoms with Crippen LogP contribution in [0.15, 0.2) is 23.1 Å². The highest BCUT2D eigenvalue weighted by Crippen LogP contribution is 2.28. The number of nitrogens with zero attached hydrogens (tertiary/aromatic N) is 6. The van der Waals surface area contributed by atoms with E-state index < -0.39 is 12.0 Å². The van der Waals surface area contributed by atoms with Crippen molar-refractivity contribution < 1.29 is 13.6 Å². The monoisotopic (exact) mass is 406 g/mol. The Morgan fingerprint density at radius 1 is 1.31 bits per heavy atom. The van der Waals surface area contributed by atoms with Crippen LogP contribution in [0, 0.1) is 6.92 Å². The molecule has 3 heterocycles. The topological polar surface area (TPSA) is 78.0 Å². The largest absolute Gasteiger partial charge is 0.340 e. The highest BCUT2D eigenvalue weighted by molar-refractivity contribution is 5.83. The van der Waals surface area contributed by atoms with Gasteiger partial charge in [-0.3, -0.25) is 23.5 Å². The minimum atomic E-state index is -2.78. The Labute approximate surface area is 166 Å². The summed E-state index contributed by atoms with van der Waals surface area (Å²) in [5, 5.41) is 8.85. The molecule has 3 aromatic heterocycles. The predicted molar refractivity (Wildman–Crippen MR) is 104 cm³/mol. The van der Waals surface area contributed by atoms with Gasteiger partial charge in [-0.1, -0.05) is 0 Å². The lowest BCUT2D eigenvalue weighted by Crippen LogP contribution is -2.29. The number of pyridine rings is 1. The van der Waals surface area contributed by atoms with Crippen molar-refractivity contribution in [3.63, 3.8) is 0 Å². The molecular formula is C19H24F2N6O2. The first-order valence-corrected chi connectivity index (χ1v) is 9.34. The van der Waals surface area contributed by atoms with E-state index >= 15 is 0 Å². The fourth-order valence-electron chi connectivity index (χ4n) is 3.42. The molecule has 3 rings (SSSR count). The molecule has 0 spiro atoms. The van der Waals surface area contributed by atoms with E-state index in [1.54, 1.807) is 36.6 Å². The van der Waals surface area contributed by atoms with Gasteiger partial charge < -0.3 is 4.90 Å². The zero-order chi connectivity index (χ0) is 21.3. The summed E-state index contributed by atoms with van der Waals surface area (Å²) < 4.78 is 31.5. The van der Waals surface area contributed by atoms with E-state index in [-0.39, 0.29) is 35.5 Å². The van der Waals surface area contributed by atoms with E-state index in [4.69, 9.17) is 0 Å². The number of carbonyl (C=O) groups is 1. The Hall–Kier alpha value is -3.04. The van der Waals surface area contributed by atoms with Crippen LogP contribution in [0.4, 0.5) is 8.78 Å². The van der Waals surface area contributed by atoms with Crippen LogP contribution in [0.25, 0.3) is 11.0 Å². The molecule has 0 aliphatic carbocycles. The quantitative estimate of drug-likeness (QED) is 0.603. The second kappa shape index (κ2) is 8.14. The number of hydrogen-bond donors (Lipinski definition) is 0. The lowest BCUT2D eigenvalue weighted by Gasteiger charge is -2.16. The molecule has 0 bridgehead atoms. The predicted octanol–water partition coefficient (Wildman–Crippen LogP) is 2.25. The Kier molecular flexibility index (Phi) is 5.81. The van der Waals surface area contributed by atoms with Crippen LogP contribution in [-0.4, -0.2) is 42.0 Å². The van der Waals surface area contributed by atoms with Crippen molar-refractivity contribution >= 4 is 16.9 Å². The van der Waals surface area contributed by atoms with Crippen LogP contribution in [0.1, 0.15) is 36.7 Å². The summed E-state index contributed by atoms with van der Waals surface area (Å²) in [6, 6.07) is 2.77. The van der Waals surface area contributed by atoms with E-state index in [2.05, 4.69) is 10.2 Å². The number of rotatable bonds is 7. The first-order valence-electron chi connectivity index (χ1n) is 9.34. The Morgan fingerprint density at radius 3 is 2.62 bits per heavy atom. The molecule has 0 unspecified atom stereocenters. The van der Waals surface area contributed by atoms with Crippen molar-refractivity contribution in [3.05, 3.63) is 45.6 Å². The maximum Gasteiger partial charge on any atom is 0.264 e. The highest BCUT2D eigenvalue weighted by Gasteiger charge is 2.22. The molecule has 3 aromatic rings. The van der Waals surface area contributed by atoms with Crippen LogP contribution >= 0.6 is 0 Å². The molecule has 0 saturated heterocycles. The normalized spacial score (nSPS) is 11.6. The van der Waals surface area contributed by atoms with Gasteiger partial charge in [-0.15, -0.1) is 0 Å². The van der Waals surface area contributed by atoms with Gasteiger partial charge in [0.25, 0.3) is 12.0 Å². The lowest BCUT2D eigenvalue weighted by atomic mass is 10.1. The summed E-state index contributed by atoms with van der Waals surface area (Å²) >= 11 is 0. The fourth-order valence-corrected chi connectivity index (χ4v) is 3.42. The smallest absolute Gasteiger partial charge is 0.264 e. The minimum Gasteiger partial charge on any atom is -0.340 e. The SMILES string of the molecule is CCn1nc2c(c(C(F)F)cc(=O)n2CCC(=O)N(C)Cc2ccn(C)n2)c1C. The first kappa shape index (κ1) is 20.7. The average Bonchev–Trinajstić information content (AvgIpc) is 3.22. The molecule has 0 N–H and O–H groups in total. The number of hydrogen-bond acceptors (Lipinski definition) is 4. The Bertz CT molecular complexity index is 1100. The number of alkyl halides is 2. The maximum absolute atomic E-state index is 13.5. The van der Waals surface area contributed by atoms with Crippen LogP contribution in [0.3, 0.4) is 0 Å². The van der Waals surface area contributed by atoms with Gasteiger partial charge in [0.2, 0.25) is 5.91 Å². The summed E-state index contributed by atoms with van der Waals surface area (Å²) in [5.41, 5.74) is 0.602. The fraction of sp³-hybridized carbons (Fsp3) is 0.474. The van der Waals surface area contributed by atoms with Gasteiger partial charge in [0, 0.05) is 62.5 Å². The number of halogens is 2. The van der Waals surface area contributed by atoms with E-state index in [0.29, 0.717) is 18.8 Å². The summed E-state index contributed by atoms with van der Waals surface area (Å²) in [6.45, 7) is 4.44. The number of aryl methyl sites for hydroxylation is 4. The molecule has 8 nitrogen and oxygen atoms in total. The van der Waals surface area contributed by atoms with Crippen LogP contribution < -0.4 is 5.56 Å². The Morgan fingerprint density at radius 2 is 2.03 bits per heavy atom. The molecule has 0 aliphatic heterocycles. The zero-order valence-electron chi connectivity index (χ0n) is 16.9. The molecule has 0 aliphatic rings. The summed E-state index contributed by atoms with van der Waals surface area (Å²) in [6.07, 6.45) is -0.940. The van der Waals surface area contributed by atoms with Gasteiger partial charge in [-0.2, -0.15) is 10.2 Å². The summed E-state index contributed by atoms with van der Waals surface area (Å²) in [7, 11) is 3.45. The molecule has 0 fully saturated rings. The van der Waals surface area contributed by atoms with E-state index in [1.165, 1.54) is 9.47 Å². The molecule has 0 saturated carbocycles. The lowest BCUT2D eigenvalue weighted by molar-refractivity contribution is -0.130. The number of amides is 1. The highest BCUT2D eigenvalue weighted by atomic mass is 19.3. The molecule has 0 aromatic carbocycles. The number of carbonyl (C=O) groups excluding carboxylic acids is 1.